The van der Waals surface area contributed by atoms with Crippen LogP contribution < -0.4 is 5.73 Å². The van der Waals surface area contributed by atoms with Crippen molar-refractivity contribution in [3.05, 3.63) is 0 Å². The Kier molecular flexibility index (Phi) is 8.72. The number of piperidine rings is 1. The maximum absolute atomic E-state index is 5.76. The summed E-state index contributed by atoms with van der Waals surface area (Å²) in [6.07, 6.45) is 12.6. The van der Waals surface area contributed by atoms with Crippen LogP contribution in [0, 0.1) is 5.92 Å². The third-order valence-electron chi connectivity index (χ3n) is 4.01. The summed E-state index contributed by atoms with van der Waals surface area (Å²) in [5.74, 6) is 0.772. The molecule has 2 nitrogen and oxygen atoms in total. The number of likely N-dealkylation sites (tertiary alicyclic amines) is 1. The molecule has 1 rings (SSSR count). The fourth-order valence-electron chi connectivity index (χ4n) is 2.84. The zero-order chi connectivity index (χ0) is 12.3. The minimum Gasteiger partial charge on any atom is -0.330 e. The molecule has 0 bridgehead atoms. The van der Waals surface area contributed by atoms with E-state index >= 15 is 0 Å². The molecule has 0 amide bonds. The van der Waals surface area contributed by atoms with Crippen LogP contribution in [0.1, 0.15) is 64.7 Å². The lowest BCUT2D eigenvalue weighted by Crippen LogP contribution is -2.38. The van der Waals surface area contributed by atoms with Crippen molar-refractivity contribution in [3.8, 4) is 0 Å². The Hall–Kier alpha value is -0.0800. The van der Waals surface area contributed by atoms with Crippen molar-refractivity contribution < 1.29 is 0 Å². The highest BCUT2D eigenvalue weighted by Gasteiger charge is 2.17. The van der Waals surface area contributed by atoms with Gasteiger partial charge in [0.2, 0.25) is 0 Å². The van der Waals surface area contributed by atoms with E-state index in [9.17, 15) is 0 Å². The predicted octanol–water partition coefficient (Wildman–Crippen LogP) is 3.41. The predicted molar refractivity (Wildman–Crippen MR) is 76.2 cm³/mol. The molecule has 0 aromatic rings. The third kappa shape index (κ3) is 7.05. The standard InChI is InChI=1S/C15H32N2/c1-2-3-4-5-6-7-8-11-17-12-9-10-15(13-16)14-17/h15H,2-14,16H2,1H3. The summed E-state index contributed by atoms with van der Waals surface area (Å²) in [6, 6.07) is 0. The minimum atomic E-state index is 0.772. The van der Waals surface area contributed by atoms with Gasteiger partial charge in [-0.25, -0.2) is 0 Å². The minimum absolute atomic E-state index is 0.772. The van der Waals surface area contributed by atoms with Gasteiger partial charge in [-0.15, -0.1) is 0 Å². The number of hydrogen-bond acceptors (Lipinski definition) is 2. The van der Waals surface area contributed by atoms with Crippen LogP contribution in [0.5, 0.6) is 0 Å². The van der Waals surface area contributed by atoms with E-state index in [1.54, 1.807) is 0 Å². The van der Waals surface area contributed by atoms with Gasteiger partial charge in [-0.05, 0) is 44.8 Å². The lowest BCUT2D eigenvalue weighted by molar-refractivity contribution is 0.175. The van der Waals surface area contributed by atoms with Gasteiger partial charge in [-0.3, -0.25) is 0 Å². The number of rotatable bonds is 9. The number of nitrogens with two attached hydrogens (primary N) is 1. The van der Waals surface area contributed by atoms with E-state index in [-0.39, 0.29) is 0 Å². The Morgan fingerprint density at radius 3 is 2.47 bits per heavy atom. The molecule has 0 aromatic heterocycles. The van der Waals surface area contributed by atoms with Crippen LogP contribution in [0.25, 0.3) is 0 Å². The summed E-state index contributed by atoms with van der Waals surface area (Å²) in [5.41, 5.74) is 5.76. The van der Waals surface area contributed by atoms with Crippen LogP contribution in [0.15, 0.2) is 0 Å². The van der Waals surface area contributed by atoms with Gasteiger partial charge < -0.3 is 10.6 Å². The lowest BCUT2D eigenvalue weighted by Gasteiger charge is -2.32. The first kappa shape index (κ1) is 15.0. The molecule has 0 saturated carbocycles. The maximum Gasteiger partial charge on any atom is 0.00217 e. The van der Waals surface area contributed by atoms with Crippen LogP contribution >= 0.6 is 0 Å². The fourth-order valence-corrected chi connectivity index (χ4v) is 2.84. The molecule has 0 spiro atoms. The Morgan fingerprint density at radius 1 is 1.06 bits per heavy atom. The van der Waals surface area contributed by atoms with Crippen molar-refractivity contribution in [1.29, 1.82) is 0 Å². The van der Waals surface area contributed by atoms with Gasteiger partial charge in [-0.2, -0.15) is 0 Å². The van der Waals surface area contributed by atoms with E-state index in [4.69, 9.17) is 5.73 Å². The molecule has 2 heteroatoms. The van der Waals surface area contributed by atoms with Gasteiger partial charge in [0.05, 0.1) is 0 Å². The summed E-state index contributed by atoms with van der Waals surface area (Å²) in [4.78, 5) is 2.63. The average molecular weight is 240 g/mol. The van der Waals surface area contributed by atoms with E-state index in [0.29, 0.717) is 0 Å². The first-order valence-corrected chi connectivity index (χ1v) is 7.79. The highest BCUT2D eigenvalue weighted by Crippen LogP contribution is 2.16. The second-order valence-corrected chi connectivity index (χ2v) is 5.67. The van der Waals surface area contributed by atoms with Crippen molar-refractivity contribution in [2.45, 2.75) is 64.7 Å². The summed E-state index contributed by atoms with van der Waals surface area (Å²) in [6.45, 7) is 7.04. The van der Waals surface area contributed by atoms with Crippen LogP contribution in [0.2, 0.25) is 0 Å². The molecular weight excluding hydrogens is 208 g/mol. The van der Waals surface area contributed by atoms with E-state index in [2.05, 4.69) is 11.8 Å². The molecule has 1 aliphatic heterocycles. The molecule has 102 valence electrons. The second kappa shape index (κ2) is 9.90. The van der Waals surface area contributed by atoms with E-state index in [0.717, 1.165) is 12.5 Å². The first-order valence-electron chi connectivity index (χ1n) is 7.79. The fraction of sp³-hybridized carbons (Fsp3) is 1.00. The molecule has 0 aromatic carbocycles. The van der Waals surface area contributed by atoms with Crippen LogP contribution in [-0.2, 0) is 0 Å². The largest absolute Gasteiger partial charge is 0.330 e. The zero-order valence-corrected chi connectivity index (χ0v) is 11.8. The Labute approximate surface area is 108 Å². The highest BCUT2D eigenvalue weighted by molar-refractivity contribution is 4.73. The van der Waals surface area contributed by atoms with Crippen molar-refractivity contribution in [2.75, 3.05) is 26.2 Å². The Bertz CT molecular complexity index is 170. The molecule has 2 N–H and O–H groups in total. The van der Waals surface area contributed by atoms with Crippen molar-refractivity contribution in [2.24, 2.45) is 11.7 Å². The molecule has 1 atom stereocenters. The highest BCUT2D eigenvalue weighted by atomic mass is 15.1. The van der Waals surface area contributed by atoms with Gasteiger partial charge in [0.25, 0.3) is 0 Å². The summed E-state index contributed by atoms with van der Waals surface area (Å²) in [7, 11) is 0. The topological polar surface area (TPSA) is 29.3 Å². The Balaban J connectivity index is 1.91. The number of hydrogen-bond donors (Lipinski definition) is 1. The van der Waals surface area contributed by atoms with Gasteiger partial charge in [0, 0.05) is 6.54 Å². The quantitative estimate of drug-likeness (QED) is 0.626. The molecule has 17 heavy (non-hydrogen) atoms. The van der Waals surface area contributed by atoms with Gasteiger partial charge in [0.15, 0.2) is 0 Å². The van der Waals surface area contributed by atoms with Crippen LogP contribution in [-0.4, -0.2) is 31.1 Å². The molecule has 1 saturated heterocycles. The molecule has 1 heterocycles. The summed E-state index contributed by atoms with van der Waals surface area (Å²) < 4.78 is 0. The monoisotopic (exact) mass is 240 g/mol. The van der Waals surface area contributed by atoms with Crippen LogP contribution in [0.3, 0.4) is 0 Å². The van der Waals surface area contributed by atoms with E-state index in [1.807, 2.05) is 0 Å². The zero-order valence-electron chi connectivity index (χ0n) is 11.8. The van der Waals surface area contributed by atoms with E-state index in [1.165, 1.54) is 77.4 Å². The maximum atomic E-state index is 5.76. The molecule has 1 unspecified atom stereocenters. The average Bonchev–Trinajstić information content (AvgIpc) is 2.38. The van der Waals surface area contributed by atoms with Crippen molar-refractivity contribution in [3.63, 3.8) is 0 Å². The third-order valence-corrected chi connectivity index (χ3v) is 4.01. The molecule has 0 radical (unpaired) electrons. The van der Waals surface area contributed by atoms with Crippen molar-refractivity contribution in [1.82, 2.24) is 4.90 Å². The van der Waals surface area contributed by atoms with E-state index < -0.39 is 0 Å². The normalized spacial score (nSPS) is 21.9. The molecule has 1 aliphatic rings. The van der Waals surface area contributed by atoms with Crippen molar-refractivity contribution >= 4 is 0 Å². The number of nitrogens with zero attached hydrogens (tertiary/aromatic N) is 1. The lowest BCUT2D eigenvalue weighted by atomic mass is 9.98. The SMILES string of the molecule is CCCCCCCCCN1CCCC(CN)C1. The van der Waals surface area contributed by atoms with Crippen LogP contribution in [0.4, 0.5) is 0 Å². The summed E-state index contributed by atoms with van der Waals surface area (Å²) in [5, 5.41) is 0. The van der Waals surface area contributed by atoms with Gasteiger partial charge in [0.1, 0.15) is 0 Å². The summed E-state index contributed by atoms with van der Waals surface area (Å²) >= 11 is 0. The first-order chi connectivity index (χ1) is 8.36. The smallest absolute Gasteiger partial charge is 0.00217 e. The molecular formula is C15H32N2. The molecule has 0 aliphatic carbocycles. The van der Waals surface area contributed by atoms with Gasteiger partial charge >= 0.3 is 0 Å². The molecule has 1 fully saturated rings. The second-order valence-electron chi connectivity index (χ2n) is 5.67. The Morgan fingerprint density at radius 2 is 1.76 bits per heavy atom. The van der Waals surface area contributed by atoms with Gasteiger partial charge in [-0.1, -0.05) is 45.4 Å². The number of unbranched alkanes of at least 4 members (excludes halogenated alkanes) is 6.